The number of hydrogen-bond donors (Lipinski definition) is 0. The van der Waals surface area contributed by atoms with Gasteiger partial charge < -0.3 is 9.64 Å². The number of nitrogens with zero attached hydrogens (tertiary/aromatic N) is 4. The van der Waals surface area contributed by atoms with Gasteiger partial charge in [0.1, 0.15) is 22.1 Å². The van der Waals surface area contributed by atoms with Gasteiger partial charge >= 0.3 is 0 Å². The van der Waals surface area contributed by atoms with Crippen LogP contribution in [0.15, 0.2) is 6.33 Å². The highest BCUT2D eigenvalue weighted by atomic mass is 35.5. The fraction of sp³-hybridized carbons (Fsp3) is 0.526. The van der Waals surface area contributed by atoms with E-state index >= 15 is 0 Å². The van der Waals surface area contributed by atoms with Crippen LogP contribution in [0.4, 0.5) is 5.82 Å². The lowest BCUT2D eigenvalue weighted by Crippen LogP contribution is -2.36. The third kappa shape index (κ3) is 2.58. The molecule has 0 saturated carbocycles. The molecule has 2 aliphatic heterocycles. The SMILES string of the molecule is CC1(C)Cc2c(c(N3CCCCC3)nc3sc4c(Cl)ncnc4c23)CO1. The number of pyridine rings is 1. The molecule has 0 unspecified atom stereocenters. The zero-order valence-electron chi connectivity index (χ0n) is 15.0. The van der Waals surface area contributed by atoms with Crippen molar-refractivity contribution in [1.29, 1.82) is 0 Å². The molecule has 0 amide bonds. The maximum atomic E-state index is 6.35. The number of rotatable bonds is 1. The Morgan fingerprint density at radius 3 is 2.77 bits per heavy atom. The van der Waals surface area contributed by atoms with Crippen LogP contribution in [0.25, 0.3) is 20.4 Å². The minimum absolute atomic E-state index is 0.189. The van der Waals surface area contributed by atoms with Gasteiger partial charge in [0.25, 0.3) is 0 Å². The van der Waals surface area contributed by atoms with Crippen molar-refractivity contribution in [2.75, 3.05) is 18.0 Å². The van der Waals surface area contributed by atoms with E-state index in [9.17, 15) is 0 Å². The highest BCUT2D eigenvalue weighted by Gasteiger charge is 2.33. The maximum absolute atomic E-state index is 6.35. The number of ether oxygens (including phenoxy) is 1. The molecule has 1 fully saturated rings. The minimum atomic E-state index is -0.189. The fourth-order valence-corrected chi connectivity index (χ4v) is 5.41. The van der Waals surface area contributed by atoms with Gasteiger partial charge in [0.2, 0.25) is 0 Å². The molecule has 2 aliphatic rings. The summed E-state index contributed by atoms with van der Waals surface area (Å²) < 4.78 is 7.09. The molecule has 0 spiro atoms. The first kappa shape index (κ1) is 16.7. The maximum Gasteiger partial charge on any atom is 0.150 e. The Kier molecular flexibility index (Phi) is 3.85. The van der Waals surface area contributed by atoms with Gasteiger partial charge in [-0.05, 0) is 38.7 Å². The van der Waals surface area contributed by atoms with Crippen LogP contribution in [0.1, 0.15) is 44.2 Å². The number of anilines is 1. The summed E-state index contributed by atoms with van der Waals surface area (Å²) in [4.78, 5) is 17.2. The van der Waals surface area contributed by atoms with E-state index < -0.39 is 0 Å². The summed E-state index contributed by atoms with van der Waals surface area (Å²) in [5, 5.41) is 1.65. The highest BCUT2D eigenvalue weighted by Crippen LogP contribution is 2.44. The predicted octanol–water partition coefficient (Wildman–Crippen LogP) is 4.73. The quantitative estimate of drug-likeness (QED) is 0.564. The molecular weight excluding hydrogens is 368 g/mol. The number of aromatic nitrogens is 3. The smallest absolute Gasteiger partial charge is 0.150 e. The van der Waals surface area contributed by atoms with Gasteiger partial charge in [-0.2, -0.15) is 0 Å². The van der Waals surface area contributed by atoms with Crippen molar-refractivity contribution in [2.24, 2.45) is 0 Å². The molecule has 3 aromatic rings. The van der Waals surface area contributed by atoms with Crippen LogP contribution in [0.5, 0.6) is 0 Å². The van der Waals surface area contributed by atoms with Crippen molar-refractivity contribution < 1.29 is 4.74 Å². The molecule has 1 saturated heterocycles. The van der Waals surface area contributed by atoms with Gasteiger partial charge in [-0.1, -0.05) is 11.6 Å². The first-order valence-electron chi connectivity index (χ1n) is 9.17. The molecule has 5 rings (SSSR count). The molecule has 136 valence electrons. The van der Waals surface area contributed by atoms with Crippen LogP contribution in [-0.4, -0.2) is 33.6 Å². The Morgan fingerprint density at radius 1 is 1.15 bits per heavy atom. The normalized spacial score (nSPS) is 19.9. The van der Waals surface area contributed by atoms with E-state index in [2.05, 4.69) is 28.7 Å². The van der Waals surface area contributed by atoms with Crippen LogP contribution >= 0.6 is 22.9 Å². The molecule has 0 radical (unpaired) electrons. The Balaban J connectivity index is 1.82. The van der Waals surface area contributed by atoms with E-state index in [1.165, 1.54) is 30.4 Å². The zero-order chi connectivity index (χ0) is 17.9. The third-order valence-electron chi connectivity index (χ3n) is 5.42. The molecule has 5 heterocycles. The monoisotopic (exact) mass is 388 g/mol. The van der Waals surface area contributed by atoms with E-state index in [4.69, 9.17) is 21.3 Å². The van der Waals surface area contributed by atoms with Gasteiger partial charge in [0, 0.05) is 30.5 Å². The summed E-state index contributed by atoms with van der Waals surface area (Å²) in [6.45, 7) is 7.05. The van der Waals surface area contributed by atoms with Crippen LogP contribution in [0.3, 0.4) is 0 Å². The number of piperidine rings is 1. The van der Waals surface area contributed by atoms with Crippen LogP contribution < -0.4 is 4.90 Å². The first-order valence-corrected chi connectivity index (χ1v) is 10.4. The lowest BCUT2D eigenvalue weighted by atomic mass is 9.90. The zero-order valence-corrected chi connectivity index (χ0v) is 16.6. The van der Waals surface area contributed by atoms with E-state index in [-0.39, 0.29) is 5.60 Å². The van der Waals surface area contributed by atoms with E-state index in [1.54, 1.807) is 17.7 Å². The lowest BCUT2D eigenvalue weighted by Gasteiger charge is -2.36. The molecule has 26 heavy (non-hydrogen) atoms. The Hall–Kier alpha value is -1.50. The van der Waals surface area contributed by atoms with E-state index in [0.29, 0.717) is 11.8 Å². The second-order valence-corrected chi connectivity index (χ2v) is 9.15. The summed E-state index contributed by atoms with van der Waals surface area (Å²) in [7, 11) is 0. The predicted molar refractivity (Wildman–Crippen MR) is 106 cm³/mol. The lowest BCUT2D eigenvalue weighted by molar-refractivity contribution is -0.0395. The summed E-state index contributed by atoms with van der Waals surface area (Å²) in [6, 6.07) is 0. The molecular formula is C19H21ClN4OS. The second-order valence-electron chi connectivity index (χ2n) is 7.79. The fourth-order valence-electron chi connectivity index (χ4n) is 4.13. The van der Waals surface area contributed by atoms with Gasteiger partial charge in [0.15, 0.2) is 0 Å². The molecule has 0 N–H and O–H groups in total. The molecule has 0 atom stereocenters. The van der Waals surface area contributed by atoms with Crippen molar-refractivity contribution in [3.05, 3.63) is 22.6 Å². The highest BCUT2D eigenvalue weighted by molar-refractivity contribution is 7.26. The van der Waals surface area contributed by atoms with Crippen molar-refractivity contribution in [3.8, 4) is 0 Å². The van der Waals surface area contributed by atoms with Gasteiger partial charge in [-0.3, -0.25) is 0 Å². The third-order valence-corrected chi connectivity index (χ3v) is 6.90. The number of fused-ring (bicyclic) bond motifs is 5. The first-order chi connectivity index (χ1) is 12.5. The van der Waals surface area contributed by atoms with Crippen molar-refractivity contribution in [2.45, 2.75) is 51.7 Å². The standard InChI is InChI=1S/C19H21ClN4OS/c1-19(2)8-11-12(9-25-19)17(24-6-4-3-5-7-24)23-18-13(11)14-15(26-18)16(20)22-10-21-14/h10H,3-9H2,1-2H3. The number of halogens is 1. The molecule has 0 bridgehead atoms. The van der Waals surface area contributed by atoms with Gasteiger partial charge in [-0.25, -0.2) is 15.0 Å². The van der Waals surface area contributed by atoms with Crippen molar-refractivity contribution in [3.63, 3.8) is 0 Å². The Labute approximate surface area is 161 Å². The summed E-state index contributed by atoms with van der Waals surface area (Å²) >= 11 is 7.96. The molecule has 7 heteroatoms. The summed E-state index contributed by atoms with van der Waals surface area (Å²) in [5.74, 6) is 1.10. The average Bonchev–Trinajstić information content (AvgIpc) is 3.01. The molecule has 3 aromatic heterocycles. The Morgan fingerprint density at radius 2 is 1.96 bits per heavy atom. The molecule has 0 aromatic carbocycles. The average molecular weight is 389 g/mol. The van der Waals surface area contributed by atoms with E-state index in [1.807, 2.05) is 0 Å². The van der Waals surface area contributed by atoms with Crippen LogP contribution in [0, 0.1) is 0 Å². The van der Waals surface area contributed by atoms with Gasteiger partial charge in [-0.15, -0.1) is 11.3 Å². The minimum Gasteiger partial charge on any atom is -0.370 e. The van der Waals surface area contributed by atoms with E-state index in [0.717, 1.165) is 45.8 Å². The summed E-state index contributed by atoms with van der Waals surface area (Å²) in [6.07, 6.45) is 6.16. The molecule has 5 nitrogen and oxygen atoms in total. The van der Waals surface area contributed by atoms with Crippen molar-refractivity contribution in [1.82, 2.24) is 15.0 Å². The number of thiophene rings is 1. The largest absolute Gasteiger partial charge is 0.370 e. The van der Waals surface area contributed by atoms with Crippen molar-refractivity contribution >= 4 is 49.2 Å². The van der Waals surface area contributed by atoms with Gasteiger partial charge in [0.05, 0.1) is 22.4 Å². The topological polar surface area (TPSA) is 51.1 Å². The molecule has 0 aliphatic carbocycles. The van der Waals surface area contributed by atoms with Crippen LogP contribution in [0.2, 0.25) is 5.15 Å². The summed E-state index contributed by atoms with van der Waals surface area (Å²) in [5.41, 5.74) is 3.29. The second kappa shape index (κ2) is 6.01. The number of hydrogen-bond acceptors (Lipinski definition) is 6. The Bertz CT molecular complexity index is 1010. The van der Waals surface area contributed by atoms with Crippen LogP contribution in [-0.2, 0) is 17.8 Å².